The zero-order valence-electron chi connectivity index (χ0n) is 9.76. The second-order valence-corrected chi connectivity index (χ2v) is 4.60. The summed E-state index contributed by atoms with van der Waals surface area (Å²) in [6.45, 7) is 0.188. The van der Waals surface area contributed by atoms with Crippen molar-refractivity contribution in [2.24, 2.45) is 7.05 Å². The van der Waals surface area contributed by atoms with Crippen LogP contribution in [0, 0.1) is 0 Å². The van der Waals surface area contributed by atoms with E-state index < -0.39 is 5.97 Å². The van der Waals surface area contributed by atoms with Gasteiger partial charge in [-0.15, -0.1) is 0 Å². The molecular weight excluding hydrogens is 298 g/mol. The van der Waals surface area contributed by atoms with Crippen LogP contribution in [-0.2, 0) is 18.4 Å². The van der Waals surface area contributed by atoms with Crippen LogP contribution in [0.2, 0.25) is 0 Å². The van der Waals surface area contributed by atoms with E-state index in [9.17, 15) is 4.79 Å². The monoisotopic (exact) mass is 309 g/mol. The molecule has 0 bridgehead atoms. The number of aromatic nitrogens is 2. The molecule has 2 N–H and O–H groups in total. The minimum Gasteiger partial charge on any atom is -0.457 e. The second kappa shape index (κ2) is 5.22. The van der Waals surface area contributed by atoms with E-state index in [0.717, 1.165) is 5.56 Å². The van der Waals surface area contributed by atoms with Crippen LogP contribution >= 0.6 is 15.9 Å². The summed E-state index contributed by atoms with van der Waals surface area (Å²) in [4.78, 5) is 11.9. The van der Waals surface area contributed by atoms with Crippen LogP contribution in [0.5, 0.6) is 0 Å². The molecule has 0 amide bonds. The minimum absolute atomic E-state index is 0.188. The molecule has 94 valence electrons. The Hall–Kier alpha value is -1.82. The fourth-order valence-corrected chi connectivity index (χ4v) is 1.91. The lowest BCUT2D eigenvalue weighted by Crippen LogP contribution is -2.06. The molecule has 2 rings (SSSR count). The Morgan fingerprint density at radius 1 is 1.56 bits per heavy atom. The molecule has 0 fully saturated rings. The summed E-state index contributed by atoms with van der Waals surface area (Å²) in [6.07, 6.45) is 3.45. The van der Waals surface area contributed by atoms with Crippen LogP contribution in [0.1, 0.15) is 15.9 Å². The molecule has 5 nitrogen and oxygen atoms in total. The lowest BCUT2D eigenvalue weighted by atomic mass is 10.2. The van der Waals surface area contributed by atoms with E-state index in [2.05, 4.69) is 21.0 Å². The molecular formula is C12H12BrN3O2. The summed E-state index contributed by atoms with van der Waals surface area (Å²) in [5.74, 6) is -0.418. The maximum Gasteiger partial charge on any atom is 0.339 e. The first-order chi connectivity index (χ1) is 8.58. The summed E-state index contributed by atoms with van der Waals surface area (Å²) in [7, 11) is 1.81. The van der Waals surface area contributed by atoms with Crippen molar-refractivity contribution < 1.29 is 9.53 Å². The number of anilines is 1. The van der Waals surface area contributed by atoms with Gasteiger partial charge in [0.2, 0.25) is 0 Å². The van der Waals surface area contributed by atoms with E-state index in [1.165, 1.54) is 0 Å². The molecule has 1 heterocycles. The Bertz CT molecular complexity index is 580. The minimum atomic E-state index is -0.418. The van der Waals surface area contributed by atoms with Gasteiger partial charge >= 0.3 is 5.97 Å². The number of carbonyl (C=O) groups is 1. The van der Waals surface area contributed by atoms with Crippen molar-refractivity contribution >= 4 is 27.6 Å². The van der Waals surface area contributed by atoms with E-state index in [1.54, 1.807) is 42.3 Å². The molecule has 0 aliphatic rings. The van der Waals surface area contributed by atoms with E-state index in [1.807, 2.05) is 0 Å². The fourth-order valence-electron chi connectivity index (χ4n) is 1.48. The molecule has 0 spiro atoms. The molecule has 0 saturated heterocycles. The predicted molar refractivity (Wildman–Crippen MR) is 70.9 cm³/mol. The number of ether oxygens (including phenoxy) is 1. The number of halogens is 1. The van der Waals surface area contributed by atoms with Crippen molar-refractivity contribution in [3.05, 3.63) is 46.2 Å². The molecule has 0 saturated carbocycles. The maximum atomic E-state index is 11.9. The Morgan fingerprint density at radius 2 is 2.33 bits per heavy atom. The van der Waals surface area contributed by atoms with Gasteiger partial charge in [0.05, 0.1) is 16.2 Å². The molecule has 0 aliphatic carbocycles. The Balaban J connectivity index is 2.06. The normalized spacial score (nSPS) is 10.3. The highest BCUT2D eigenvalue weighted by atomic mass is 79.9. The number of hydrogen-bond donors (Lipinski definition) is 1. The van der Waals surface area contributed by atoms with E-state index in [4.69, 9.17) is 10.5 Å². The smallest absolute Gasteiger partial charge is 0.339 e. The maximum absolute atomic E-state index is 11.9. The average Bonchev–Trinajstić information content (AvgIpc) is 2.76. The summed E-state index contributed by atoms with van der Waals surface area (Å²) >= 11 is 3.27. The lowest BCUT2D eigenvalue weighted by Gasteiger charge is -2.06. The van der Waals surface area contributed by atoms with Crippen LogP contribution in [0.4, 0.5) is 5.69 Å². The van der Waals surface area contributed by atoms with Gasteiger partial charge in [0.15, 0.2) is 0 Å². The van der Waals surface area contributed by atoms with E-state index in [0.29, 0.717) is 15.7 Å². The third kappa shape index (κ3) is 2.70. The number of nitrogens with zero attached hydrogens (tertiary/aromatic N) is 2. The topological polar surface area (TPSA) is 70.1 Å². The highest BCUT2D eigenvalue weighted by molar-refractivity contribution is 9.10. The van der Waals surface area contributed by atoms with Crippen LogP contribution in [0.3, 0.4) is 0 Å². The third-order valence-corrected chi connectivity index (χ3v) is 3.26. The second-order valence-electron chi connectivity index (χ2n) is 3.81. The Kier molecular flexibility index (Phi) is 3.66. The van der Waals surface area contributed by atoms with Gasteiger partial charge in [-0.1, -0.05) is 6.07 Å². The predicted octanol–water partition coefficient (Wildman–Crippen LogP) is 2.12. The molecule has 1 aromatic carbocycles. The van der Waals surface area contributed by atoms with Crippen molar-refractivity contribution in [3.63, 3.8) is 0 Å². The SMILES string of the molecule is Cn1cc(COC(=O)c2cccc(N)c2Br)cn1. The standard InChI is InChI=1S/C12H12BrN3O2/c1-16-6-8(5-15-16)7-18-12(17)9-3-2-4-10(14)11(9)13/h2-6H,7,14H2,1H3. The fraction of sp³-hybridized carbons (Fsp3) is 0.167. The molecule has 0 unspecified atom stereocenters. The molecule has 18 heavy (non-hydrogen) atoms. The van der Waals surface area contributed by atoms with Crippen LogP contribution < -0.4 is 5.73 Å². The summed E-state index contributed by atoms with van der Waals surface area (Å²) in [5.41, 5.74) is 7.46. The number of carbonyl (C=O) groups excluding carboxylic acids is 1. The zero-order valence-corrected chi connectivity index (χ0v) is 11.3. The van der Waals surface area contributed by atoms with E-state index >= 15 is 0 Å². The highest BCUT2D eigenvalue weighted by Crippen LogP contribution is 2.24. The number of esters is 1. The number of aryl methyl sites for hydroxylation is 1. The molecule has 2 aromatic rings. The number of benzene rings is 1. The van der Waals surface area contributed by atoms with Gasteiger partial charge in [0.25, 0.3) is 0 Å². The van der Waals surface area contributed by atoms with Crippen LogP contribution in [0.15, 0.2) is 35.1 Å². The van der Waals surface area contributed by atoms with Crippen molar-refractivity contribution in [3.8, 4) is 0 Å². The van der Waals surface area contributed by atoms with Gasteiger partial charge in [0, 0.05) is 24.5 Å². The largest absolute Gasteiger partial charge is 0.457 e. The van der Waals surface area contributed by atoms with Crippen molar-refractivity contribution in [2.75, 3.05) is 5.73 Å². The van der Waals surface area contributed by atoms with Crippen LogP contribution in [0.25, 0.3) is 0 Å². The van der Waals surface area contributed by atoms with Crippen molar-refractivity contribution in [2.45, 2.75) is 6.61 Å². The summed E-state index contributed by atoms with van der Waals surface area (Å²) < 4.78 is 7.39. The highest BCUT2D eigenvalue weighted by Gasteiger charge is 2.13. The number of nitrogens with two attached hydrogens (primary N) is 1. The number of hydrogen-bond acceptors (Lipinski definition) is 4. The molecule has 0 atom stereocenters. The van der Waals surface area contributed by atoms with Crippen molar-refractivity contribution in [1.82, 2.24) is 9.78 Å². The van der Waals surface area contributed by atoms with Gasteiger partial charge in [-0.3, -0.25) is 4.68 Å². The third-order valence-electron chi connectivity index (χ3n) is 2.38. The number of rotatable bonds is 3. The molecule has 0 aliphatic heterocycles. The van der Waals surface area contributed by atoms with Gasteiger partial charge in [-0.25, -0.2) is 4.79 Å². The molecule has 6 heteroatoms. The van der Waals surface area contributed by atoms with Gasteiger partial charge in [-0.2, -0.15) is 5.10 Å². The Morgan fingerprint density at radius 3 is 3.00 bits per heavy atom. The zero-order chi connectivity index (χ0) is 13.1. The number of nitrogen functional groups attached to an aromatic ring is 1. The first-order valence-electron chi connectivity index (χ1n) is 5.26. The summed E-state index contributed by atoms with van der Waals surface area (Å²) in [5, 5.41) is 4.00. The van der Waals surface area contributed by atoms with Crippen molar-refractivity contribution in [1.29, 1.82) is 0 Å². The average molecular weight is 310 g/mol. The molecule has 0 radical (unpaired) electrons. The summed E-state index contributed by atoms with van der Waals surface area (Å²) in [6, 6.07) is 5.08. The first kappa shape index (κ1) is 12.6. The quantitative estimate of drug-likeness (QED) is 0.696. The van der Waals surface area contributed by atoms with Gasteiger partial charge < -0.3 is 10.5 Å². The Labute approximate surface area is 113 Å². The molecule has 1 aromatic heterocycles. The first-order valence-corrected chi connectivity index (χ1v) is 6.06. The van der Waals surface area contributed by atoms with Gasteiger partial charge in [0.1, 0.15) is 6.61 Å². The van der Waals surface area contributed by atoms with Gasteiger partial charge in [-0.05, 0) is 28.1 Å². The lowest BCUT2D eigenvalue weighted by molar-refractivity contribution is 0.0471. The van der Waals surface area contributed by atoms with Crippen LogP contribution in [-0.4, -0.2) is 15.7 Å². The van der Waals surface area contributed by atoms with E-state index in [-0.39, 0.29) is 6.61 Å².